The van der Waals surface area contributed by atoms with Gasteiger partial charge in [-0.15, -0.1) is 0 Å². The van der Waals surface area contributed by atoms with E-state index in [1.807, 2.05) is 14.0 Å². The standard InChI is InChI=1S/C18H20FN3O3/c1-12-8-16(17(22(24)25)9-13(12)2)20-18(23)11-21(3)10-14-4-6-15(19)7-5-14/h4-9H,10-11H2,1-3H3,(H,20,23)/p+1. The first-order valence-corrected chi connectivity index (χ1v) is 7.87. The molecule has 0 spiro atoms. The highest BCUT2D eigenvalue weighted by Gasteiger charge is 2.19. The second kappa shape index (κ2) is 7.85. The fourth-order valence-electron chi connectivity index (χ4n) is 2.53. The summed E-state index contributed by atoms with van der Waals surface area (Å²) in [6.07, 6.45) is 0. The van der Waals surface area contributed by atoms with Crippen molar-refractivity contribution in [1.82, 2.24) is 0 Å². The van der Waals surface area contributed by atoms with Gasteiger partial charge in [-0.2, -0.15) is 0 Å². The number of hydrogen-bond donors (Lipinski definition) is 2. The number of carbonyl (C=O) groups excluding carboxylic acids is 1. The predicted molar refractivity (Wildman–Crippen MR) is 93.1 cm³/mol. The number of nitro groups is 1. The fraction of sp³-hybridized carbons (Fsp3) is 0.278. The van der Waals surface area contributed by atoms with E-state index in [0.29, 0.717) is 6.54 Å². The molecule has 2 rings (SSSR count). The average Bonchev–Trinajstić information content (AvgIpc) is 2.52. The molecule has 1 atom stereocenters. The molecule has 0 aliphatic rings. The van der Waals surface area contributed by atoms with Gasteiger partial charge in [-0.1, -0.05) is 12.1 Å². The molecule has 0 saturated heterocycles. The van der Waals surface area contributed by atoms with Gasteiger partial charge in [0.05, 0.1) is 12.0 Å². The van der Waals surface area contributed by atoms with Gasteiger partial charge in [-0.05, 0) is 43.2 Å². The Kier molecular flexibility index (Phi) is 5.82. The molecule has 0 fully saturated rings. The van der Waals surface area contributed by atoms with Gasteiger partial charge >= 0.3 is 0 Å². The van der Waals surface area contributed by atoms with Gasteiger partial charge in [0.2, 0.25) is 0 Å². The van der Waals surface area contributed by atoms with Crippen molar-refractivity contribution in [2.45, 2.75) is 20.4 Å². The van der Waals surface area contributed by atoms with Crippen molar-refractivity contribution < 1.29 is 19.0 Å². The first-order valence-electron chi connectivity index (χ1n) is 7.87. The molecule has 2 aromatic rings. The van der Waals surface area contributed by atoms with E-state index in [-0.39, 0.29) is 29.6 Å². The number of quaternary nitrogens is 1. The number of rotatable bonds is 6. The molecule has 1 amide bonds. The maximum Gasteiger partial charge on any atom is 0.293 e. The number of likely N-dealkylation sites (N-methyl/N-ethyl adjacent to an activating group) is 1. The number of nitro benzene ring substituents is 1. The van der Waals surface area contributed by atoms with Crippen LogP contribution in [0.4, 0.5) is 15.8 Å². The van der Waals surface area contributed by atoms with Gasteiger partial charge in [-0.25, -0.2) is 4.39 Å². The number of carbonyl (C=O) groups is 1. The van der Waals surface area contributed by atoms with Gasteiger partial charge in [0.1, 0.15) is 18.0 Å². The Morgan fingerprint density at radius 3 is 2.40 bits per heavy atom. The van der Waals surface area contributed by atoms with Crippen LogP contribution in [0, 0.1) is 29.8 Å². The minimum absolute atomic E-state index is 0.118. The molecule has 132 valence electrons. The lowest BCUT2D eigenvalue weighted by Crippen LogP contribution is -3.08. The number of nitrogens with zero attached hydrogens (tertiary/aromatic N) is 1. The summed E-state index contributed by atoms with van der Waals surface area (Å²) in [6, 6.07) is 9.17. The van der Waals surface area contributed by atoms with Crippen LogP contribution in [-0.4, -0.2) is 24.4 Å². The molecule has 0 aromatic heterocycles. The van der Waals surface area contributed by atoms with Crippen LogP contribution in [0.25, 0.3) is 0 Å². The van der Waals surface area contributed by atoms with Crippen LogP contribution in [0.5, 0.6) is 0 Å². The largest absolute Gasteiger partial charge is 0.326 e. The van der Waals surface area contributed by atoms with Gasteiger partial charge in [0, 0.05) is 11.6 Å². The summed E-state index contributed by atoms with van der Waals surface area (Å²) in [5.74, 6) is -0.618. The Morgan fingerprint density at radius 2 is 1.80 bits per heavy atom. The van der Waals surface area contributed by atoms with Crippen LogP contribution in [0.3, 0.4) is 0 Å². The zero-order valence-corrected chi connectivity index (χ0v) is 14.4. The van der Waals surface area contributed by atoms with Crippen molar-refractivity contribution in [3.8, 4) is 0 Å². The zero-order valence-electron chi connectivity index (χ0n) is 14.4. The summed E-state index contributed by atoms with van der Waals surface area (Å²) in [7, 11) is 1.83. The smallest absolute Gasteiger partial charge is 0.293 e. The predicted octanol–water partition coefficient (Wildman–Crippen LogP) is 2.00. The quantitative estimate of drug-likeness (QED) is 0.620. The summed E-state index contributed by atoms with van der Waals surface area (Å²) in [6.45, 7) is 4.30. The second-order valence-corrected chi connectivity index (χ2v) is 6.20. The normalized spacial score (nSPS) is 11.8. The number of amides is 1. The number of hydrogen-bond acceptors (Lipinski definition) is 3. The molecule has 0 saturated carbocycles. The summed E-state index contributed by atoms with van der Waals surface area (Å²) in [4.78, 5) is 23.8. The highest BCUT2D eigenvalue weighted by molar-refractivity contribution is 5.94. The van der Waals surface area contributed by atoms with Gasteiger partial charge < -0.3 is 10.2 Å². The molecule has 2 N–H and O–H groups in total. The Labute approximate surface area is 145 Å². The molecule has 0 heterocycles. The monoisotopic (exact) mass is 346 g/mol. The van der Waals surface area contributed by atoms with E-state index in [4.69, 9.17) is 0 Å². The topological polar surface area (TPSA) is 76.7 Å². The lowest BCUT2D eigenvalue weighted by molar-refractivity contribution is -0.885. The molecule has 0 aliphatic carbocycles. The fourth-order valence-corrected chi connectivity index (χ4v) is 2.53. The third kappa shape index (κ3) is 5.09. The van der Waals surface area contributed by atoms with E-state index in [1.165, 1.54) is 18.2 Å². The number of benzene rings is 2. The Morgan fingerprint density at radius 1 is 1.20 bits per heavy atom. The maximum atomic E-state index is 12.9. The van der Waals surface area contributed by atoms with E-state index in [1.54, 1.807) is 25.1 Å². The van der Waals surface area contributed by atoms with E-state index in [0.717, 1.165) is 21.6 Å². The molecule has 1 unspecified atom stereocenters. The molecule has 0 radical (unpaired) electrons. The molecule has 0 bridgehead atoms. The Balaban J connectivity index is 2.03. The molecule has 7 heteroatoms. The van der Waals surface area contributed by atoms with Crippen LogP contribution in [0.15, 0.2) is 36.4 Å². The molecular formula is C18H21FN3O3+. The Hall–Kier alpha value is -2.80. The average molecular weight is 346 g/mol. The molecule has 0 aliphatic heterocycles. The zero-order chi connectivity index (χ0) is 18.6. The number of nitrogens with one attached hydrogen (secondary N) is 2. The van der Waals surface area contributed by atoms with Crippen molar-refractivity contribution in [2.24, 2.45) is 0 Å². The van der Waals surface area contributed by atoms with Crippen LogP contribution >= 0.6 is 0 Å². The molecular weight excluding hydrogens is 325 g/mol. The molecule has 2 aromatic carbocycles. The van der Waals surface area contributed by atoms with Crippen LogP contribution in [-0.2, 0) is 11.3 Å². The van der Waals surface area contributed by atoms with Crippen molar-refractivity contribution >= 4 is 17.3 Å². The number of aryl methyl sites for hydroxylation is 2. The van der Waals surface area contributed by atoms with E-state index < -0.39 is 4.92 Å². The van der Waals surface area contributed by atoms with Crippen LogP contribution in [0.2, 0.25) is 0 Å². The highest BCUT2D eigenvalue weighted by atomic mass is 19.1. The molecule has 25 heavy (non-hydrogen) atoms. The summed E-state index contributed by atoms with van der Waals surface area (Å²) in [5, 5.41) is 13.8. The van der Waals surface area contributed by atoms with Crippen molar-refractivity contribution in [2.75, 3.05) is 18.9 Å². The van der Waals surface area contributed by atoms with E-state index in [2.05, 4.69) is 5.32 Å². The van der Waals surface area contributed by atoms with Crippen molar-refractivity contribution in [3.63, 3.8) is 0 Å². The first-order chi connectivity index (χ1) is 11.8. The SMILES string of the molecule is Cc1cc(NC(=O)C[NH+](C)Cc2ccc(F)cc2)c([N+](=O)[O-])cc1C. The second-order valence-electron chi connectivity index (χ2n) is 6.20. The van der Waals surface area contributed by atoms with Crippen LogP contribution < -0.4 is 10.2 Å². The lowest BCUT2D eigenvalue weighted by Gasteiger charge is -2.14. The maximum absolute atomic E-state index is 12.9. The van der Waals surface area contributed by atoms with Crippen LogP contribution in [0.1, 0.15) is 16.7 Å². The number of anilines is 1. The minimum Gasteiger partial charge on any atom is -0.326 e. The highest BCUT2D eigenvalue weighted by Crippen LogP contribution is 2.27. The van der Waals surface area contributed by atoms with Gasteiger partial charge in [-0.3, -0.25) is 14.9 Å². The van der Waals surface area contributed by atoms with E-state index >= 15 is 0 Å². The molecule has 6 nitrogen and oxygen atoms in total. The van der Waals surface area contributed by atoms with Crippen molar-refractivity contribution in [3.05, 3.63) is 69.0 Å². The van der Waals surface area contributed by atoms with Gasteiger partial charge in [0.25, 0.3) is 11.6 Å². The third-order valence-electron chi connectivity index (χ3n) is 3.96. The lowest BCUT2D eigenvalue weighted by atomic mass is 10.1. The third-order valence-corrected chi connectivity index (χ3v) is 3.96. The minimum atomic E-state index is -0.503. The van der Waals surface area contributed by atoms with Crippen molar-refractivity contribution in [1.29, 1.82) is 0 Å². The summed E-state index contributed by atoms with van der Waals surface area (Å²) in [5.41, 5.74) is 2.65. The number of halogens is 1. The summed E-state index contributed by atoms with van der Waals surface area (Å²) >= 11 is 0. The van der Waals surface area contributed by atoms with Gasteiger partial charge in [0.15, 0.2) is 6.54 Å². The Bertz CT molecular complexity index is 791. The summed E-state index contributed by atoms with van der Waals surface area (Å²) < 4.78 is 12.9. The first kappa shape index (κ1) is 18.5. The van der Waals surface area contributed by atoms with E-state index in [9.17, 15) is 19.3 Å².